The van der Waals surface area contributed by atoms with Crippen molar-refractivity contribution in [3.63, 3.8) is 0 Å². The minimum absolute atomic E-state index is 0.0287. The third-order valence-corrected chi connectivity index (χ3v) is 4.45. The lowest BCUT2D eigenvalue weighted by Gasteiger charge is -2.28. The summed E-state index contributed by atoms with van der Waals surface area (Å²) >= 11 is 0. The molecule has 114 valence electrons. The van der Waals surface area contributed by atoms with Crippen LogP contribution in [-0.4, -0.2) is 55.0 Å². The fourth-order valence-corrected chi connectivity index (χ4v) is 3.39. The van der Waals surface area contributed by atoms with Gasteiger partial charge in [-0.3, -0.25) is 9.59 Å². The second-order valence-corrected chi connectivity index (χ2v) is 6.30. The van der Waals surface area contributed by atoms with Crippen LogP contribution in [0.25, 0.3) is 0 Å². The van der Waals surface area contributed by atoms with Gasteiger partial charge in [-0.25, -0.2) is 0 Å². The number of hydrogen-bond donors (Lipinski definition) is 2. The minimum atomic E-state index is -0.251. The van der Waals surface area contributed by atoms with Crippen molar-refractivity contribution in [3.8, 4) is 0 Å². The monoisotopic (exact) mass is 282 g/mol. The number of carbonyl (C=O) groups is 2. The zero-order chi connectivity index (χ0) is 14.5. The first-order chi connectivity index (χ1) is 9.59. The summed E-state index contributed by atoms with van der Waals surface area (Å²) in [6, 6.07) is -0.146. The molecule has 2 saturated heterocycles. The quantitative estimate of drug-likeness (QED) is 0.719. The van der Waals surface area contributed by atoms with Gasteiger partial charge in [-0.2, -0.15) is 0 Å². The van der Waals surface area contributed by atoms with Crippen LogP contribution in [0.3, 0.4) is 0 Å². The minimum Gasteiger partial charge on any atom is -0.349 e. The summed E-state index contributed by atoms with van der Waals surface area (Å²) in [4.78, 5) is 27.4. The lowest BCUT2D eigenvalue weighted by molar-refractivity contribution is -0.903. The highest BCUT2D eigenvalue weighted by Crippen LogP contribution is 2.21. The lowest BCUT2D eigenvalue weighted by atomic mass is 10.1. The number of hydrogen-bond acceptors (Lipinski definition) is 2. The van der Waals surface area contributed by atoms with Gasteiger partial charge >= 0.3 is 0 Å². The highest BCUT2D eigenvalue weighted by Gasteiger charge is 2.37. The summed E-state index contributed by atoms with van der Waals surface area (Å²) in [5, 5.41) is 3.02. The summed E-state index contributed by atoms with van der Waals surface area (Å²) in [5.74, 6) is 0.141. The van der Waals surface area contributed by atoms with Crippen molar-refractivity contribution in [3.05, 3.63) is 0 Å². The van der Waals surface area contributed by atoms with Gasteiger partial charge in [-0.15, -0.1) is 0 Å². The number of carbonyl (C=O) groups excluding carboxylic acids is 2. The van der Waals surface area contributed by atoms with E-state index in [1.54, 1.807) is 9.80 Å². The molecule has 0 bridgehead atoms. The normalized spacial score (nSPS) is 24.4. The number of piperidine rings is 1. The van der Waals surface area contributed by atoms with Crippen LogP contribution in [0.4, 0.5) is 0 Å². The summed E-state index contributed by atoms with van der Waals surface area (Å²) in [6.45, 7) is 8.15. The lowest BCUT2D eigenvalue weighted by Crippen LogP contribution is -3.13. The van der Waals surface area contributed by atoms with E-state index in [2.05, 4.69) is 5.32 Å². The Bertz CT molecular complexity index is 351. The summed E-state index contributed by atoms with van der Waals surface area (Å²) < 4.78 is 0. The smallest absolute Gasteiger partial charge is 0.243 e. The number of nitrogens with zero attached hydrogens (tertiary/aromatic N) is 1. The van der Waals surface area contributed by atoms with Crippen molar-refractivity contribution >= 4 is 11.8 Å². The largest absolute Gasteiger partial charge is 0.349 e. The molecule has 5 nitrogen and oxygen atoms in total. The number of quaternary nitrogens is 1. The van der Waals surface area contributed by atoms with E-state index in [0.29, 0.717) is 12.8 Å². The molecule has 1 atom stereocenters. The molecule has 0 aliphatic carbocycles. The Morgan fingerprint density at radius 1 is 1.35 bits per heavy atom. The Morgan fingerprint density at radius 3 is 2.70 bits per heavy atom. The van der Waals surface area contributed by atoms with Gasteiger partial charge in [0.1, 0.15) is 6.04 Å². The number of rotatable bonds is 5. The summed E-state index contributed by atoms with van der Waals surface area (Å²) in [7, 11) is 0. The van der Waals surface area contributed by atoms with Crippen LogP contribution in [0.1, 0.15) is 46.0 Å². The van der Waals surface area contributed by atoms with Gasteiger partial charge in [0.2, 0.25) is 11.8 Å². The second-order valence-electron chi connectivity index (χ2n) is 6.30. The first-order valence-corrected chi connectivity index (χ1v) is 8.02. The highest BCUT2D eigenvalue weighted by molar-refractivity contribution is 5.91. The van der Waals surface area contributed by atoms with Gasteiger partial charge < -0.3 is 15.1 Å². The number of likely N-dealkylation sites (tertiary alicyclic amines) is 2. The molecule has 2 fully saturated rings. The van der Waals surface area contributed by atoms with Crippen molar-refractivity contribution in [1.29, 1.82) is 0 Å². The molecule has 0 aromatic heterocycles. The molecular formula is C15H28N3O2+. The van der Waals surface area contributed by atoms with Crippen molar-refractivity contribution in [2.45, 2.75) is 58.0 Å². The van der Waals surface area contributed by atoms with E-state index in [1.807, 2.05) is 13.8 Å². The average molecular weight is 282 g/mol. The predicted octanol–water partition coefficient (Wildman–Crippen LogP) is -0.429. The molecule has 2 aliphatic rings. The average Bonchev–Trinajstić information content (AvgIpc) is 2.82. The van der Waals surface area contributed by atoms with E-state index in [1.165, 1.54) is 32.4 Å². The van der Waals surface area contributed by atoms with Crippen LogP contribution in [-0.2, 0) is 9.59 Å². The van der Waals surface area contributed by atoms with Crippen LogP contribution in [0, 0.1) is 0 Å². The second kappa shape index (κ2) is 7.07. The molecule has 5 heteroatoms. The SMILES string of the molecule is CC(C)N1C(=O)CCC1C(=O)NCC[NH+]1CCCCC1. The first kappa shape index (κ1) is 15.3. The third-order valence-electron chi connectivity index (χ3n) is 4.45. The Kier molecular flexibility index (Phi) is 5.40. The van der Waals surface area contributed by atoms with Gasteiger partial charge in [0.05, 0.1) is 26.2 Å². The van der Waals surface area contributed by atoms with Gasteiger partial charge in [0.15, 0.2) is 0 Å². The van der Waals surface area contributed by atoms with Crippen molar-refractivity contribution in [2.75, 3.05) is 26.2 Å². The zero-order valence-corrected chi connectivity index (χ0v) is 12.8. The van der Waals surface area contributed by atoms with Crippen molar-refractivity contribution in [2.24, 2.45) is 0 Å². The van der Waals surface area contributed by atoms with Crippen LogP contribution in [0.5, 0.6) is 0 Å². The molecule has 20 heavy (non-hydrogen) atoms. The fourth-order valence-electron chi connectivity index (χ4n) is 3.39. The van der Waals surface area contributed by atoms with Crippen molar-refractivity contribution < 1.29 is 14.5 Å². The summed E-state index contributed by atoms with van der Waals surface area (Å²) in [6.07, 6.45) is 5.14. The van der Waals surface area contributed by atoms with Gasteiger partial charge in [-0.1, -0.05) is 0 Å². The first-order valence-electron chi connectivity index (χ1n) is 8.02. The number of amides is 2. The zero-order valence-electron chi connectivity index (χ0n) is 12.8. The Morgan fingerprint density at radius 2 is 2.05 bits per heavy atom. The molecule has 0 aromatic rings. The van der Waals surface area contributed by atoms with E-state index in [0.717, 1.165) is 13.1 Å². The van der Waals surface area contributed by atoms with E-state index in [9.17, 15) is 9.59 Å². The van der Waals surface area contributed by atoms with Crippen LogP contribution < -0.4 is 10.2 Å². The van der Waals surface area contributed by atoms with E-state index < -0.39 is 0 Å². The van der Waals surface area contributed by atoms with E-state index in [4.69, 9.17) is 0 Å². The summed E-state index contributed by atoms with van der Waals surface area (Å²) in [5.41, 5.74) is 0. The van der Waals surface area contributed by atoms with Crippen LogP contribution >= 0.6 is 0 Å². The molecule has 0 radical (unpaired) electrons. The predicted molar refractivity (Wildman–Crippen MR) is 77.4 cm³/mol. The maximum atomic E-state index is 12.2. The number of nitrogens with one attached hydrogen (secondary N) is 2. The molecule has 2 rings (SSSR count). The third kappa shape index (κ3) is 3.72. The molecule has 0 saturated carbocycles. The Balaban J connectivity index is 1.75. The van der Waals surface area contributed by atoms with Gasteiger partial charge in [0, 0.05) is 12.5 Å². The van der Waals surface area contributed by atoms with E-state index in [-0.39, 0.29) is 23.9 Å². The van der Waals surface area contributed by atoms with Crippen molar-refractivity contribution in [1.82, 2.24) is 10.2 Å². The molecule has 2 amide bonds. The maximum Gasteiger partial charge on any atom is 0.243 e. The molecular weight excluding hydrogens is 254 g/mol. The Hall–Kier alpha value is -1.10. The van der Waals surface area contributed by atoms with E-state index >= 15 is 0 Å². The maximum absolute atomic E-state index is 12.2. The molecule has 1 unspecified atom stereocenters. The van der Waals surface area contributed by atoms with Gasteiger partial charge in [0.25, 0.3) is 0 Å². The topological polar surface area (TPSA) is 53.9 Å². The van der Waals surface area contributed by atoms with Crippen LogP contribution in [0.15, 0.2) is 0 Å². The highest BCUT2D eigenvalue weighted by atomic mass is 16.2. The molecule has 2 aliphatic heterocycles. The molecule has 2 N–H and O–H groups in total. The molecule has 0 spiro atoms. The molecule has 2 heterocycles. The molecule has 0 aromatic carbocycles. The fraction of sp³-hybridized carbons (Fsp3) is 0.867. The van der Waals surface area contributed by atoms with Crippen LogP contribution in [0.2, 0.25) is 0 Å². The van der Waals surface area contributed by atoms with Gasteiger partial charge in [-0.05, 0) is 39.5 Å². The standard InChI is InChI=1S/C15H27N3O2/c1-12(2)18-13(6-7-14(18)19)15(20)16-8-11-17-9-4-3-5-10-17/h12-13H,3-11H2,1-2H3,(H,16,20)/p+1. The Labute approximate surface area is 121 Å².